The molecule has 2 fully saturated rings. The summed E-state index contributed by atoms with van der Waals surface area (Å²) in [6.45, 7) is 2.18. The minimum Gasteiger partial charge on any atom is -0.387 e. The summed E-state index contributed by atoms with van der Waals surface area (Å²) in [7, 11) is 0. The Morgan fingerprint density at radius 2 is 2.04 bits per heavy atom. The molecule has 4 N–H and O–H groups in total. The van der Waals surface area contributed by atoms with Crippen molar-refractivity contribution in [1.82, 2.24) is 24.8 Å². The fourth-order valence-electron chi connectivity index (χ4n) is 3.79. The zero-order valence-electron chi connectivity index (χ0n) is 15.1. The molecule has 2 aromatic heterocycles. The summed E-state index contributed by atoms with van der Waals surface area (Å²) in [5, 5.41) is 26.6. The molecule has 1 aliphatic heterocycles. The molecule has 27 heavy (non-hydrogen) atoms. The second-order valence-corrected chi connectivity index (χ2v) is 7.00. The third-order valence-corrected chi connectivity index (χ3v) is 5.18. The number of hydrogen-bond donors (Lipinski definition) is 4. The van der Waals surface area contributed by atoms with Gasteiger partial charge in [0.1, 0.15) is 18.5 Å². The number of imidazole rings is 1. The Labute approximate surface area is 156 Å². The molecule has 0 radical (unpaired) electrons. The van der Waals surface area contributed by atoms with Gasteiger partial charge in [0.15, 0.2) is 29.3 Å². The van der Waals surface area contributed by atoms with E-state index in [0.29, 0.717) is 29.6 Å². The van der Waals surface area contributed by atoms with Crippen LogP contribution in [-0.4, -0.2) is 66.5 Å². The molecule has 2 aliphatic rings. The van der Waals surface area contributed by atoms with Crippen molar-refractivity contribution in [3.63, 3.8) is 0 Å². The molecule has 1 amide bonds. The van der Waals surface area contributed by atoms with Gasteiger partial charge in [0, 0.05) is 12.6 Å². The first kappa shape index (κ1) is 18.1. The van der Waals surface area contributed by atoms with Crippen LogP contribution in [0.1, 0.15) is 38.8 Å². The molecule has 0 unspecified atom stereocenters. The van der Waals surface area contributed by atoms with Crippen LogP contribution in [0.2, 0.25) is 0 Å². The molecule has 2 aromatic rings. The molecule has 1 saturated heterocycles. The lowest BCUT2D eigenvalue weighted by Crippen LogP contribution is -2.42. The van der Waals surface area contributed by atoms with Crippen molar-refractivity contribution in [3.8, 4) is 0 Å². The van der Waals surface area contributed by atoms with Crippen molar-refractivity contribution in [2.45, 2.75) is 63.2 Å². The van der Waals surface area contributed by atoms with Gasteiger partial charge in [0.25, 0.3) is 5.91 Å². The van der Waals surface area contributed by atoms with Crippen LogP contribution in [0.15, 0.2) is 12.7 Å². The Bertz CT molecular complexity index is 821. The third kappa shape index (κ3) is 3.24. The molecular weight excluding hydrogens is 352 g/mol. The summed E-state index contributed by atoms with van der Waals surface area (Å²) in [6.07, 6.45) is 2.76. The van der Waals surface area contributed by atoms with E-state index in [1.54, 1.807) is 6.92 Å². The number of rotatable bonds is 5. The molecule has 0 spiro atoms. The zero-order chi connectivity index (χ0) is 19.0. The van der Waals surface area contributed by atoms with Crippen LogP contribution in [0.5, 0.6) is 0 Å². The molecular formula is C17H24N6O4. The summed E-state index contributed by atoms with van der Waals surface area (Å²) in [5.41, 5.74) is 1.04. The number of amides is 1. The highest BCUT2D eigenvalue weighted by molar-refractivity contribution is 5.83. The number of ether oxygens (including phenoxy) is 1. The number of aromatic nitrogens is 4. The molecule has 1 saturated carbocycles. The van der Waals surface area contributed by atoms with Gasteiger partial charge in [-0.25, -0.2) is 15.0 Å². The quantitative estimate of drug-likeness (QED) is 0.570. The number of aliphatic hydroxyl groups excluding tert-OH is 2. The summed E-state index contributed by atoms with van der Waals surface area (Å²) >= 11 is 0. The van der Waals surface area contributed by atoms with E-state index in [-0.39, 0.29) is 0 Å². The number of nitrogens with zero attached hydrogens (tertiary/aromatic N) is 4. The maximum Gasteiger partial charge on any atom is 0.252 e. The van der Waals surface area contributed by atoms with Crippen LogP contribution in [0.4, 0.5) is 5.82 Å². The van der Waals surface area contributed by atoms with Crippen molar-refractivity contribution in [3.05, 3.63) is 12.7 Å². The number of nitrogens with one attached hydrogen (secondary N) is 2. The van der Waals surface area contributed by atoms with Gasteiger partial charge in [-0.2, -0.15) is 0 Å². The number of hydrogen-bond acceptors (Lipinski definition) is 8. The third-order valence-electron chi connectivity index (χ3n) is 5.18. The highest BCUT2D eigenvalue weighted by Gasteiger charge is 2.47. The monoisotopic (exact) mass is 376 g/mol. The molecule has 4 rings (SSSR count). The van der Waals surface area contributed by atoms with E-state index < -0.39 is 30.4 Å². The average Bonchev–Trinajstić information content (AvgIpc) is 3.37. The van der Waals surface area contributed by atoms with E-state index in [0.717, 1.165) is 12.8 Å². The summed E-state index contributed by atoms with van der Waals surface area (Å²) in [6, 6.07) is 0.366. The Balaban J connectivity index is 1.61. The van der Waals surface area contributed by atoms with Crippen LogP contribution < -0.4 is 10.6 Å². The van der Waals surface area contributed by atoms with Crippen molar-refractivity contribution in [2.75, 3.05) is 11.9 Å². The summed E-state index contributed by atoms with van der Waals surface area (Å²) in [4.78, 5) is 25.0. The zero-order valence-corrected chi connectivity index (χ0v) is 15.1. The standard InChI is InChI=1S/C17H24N6O4/c1-2-18-16(26)13-11(24)12(25)17(27-13)23-8-21-10-14(19-7-20-15(10)23)22-9-5-3-4-6-9/h7-9,11-13,17,24-25H,2-6H2,1H3,(H,18,26)(H,19,20,22)/t11-,12+,13-,17+/m1/s1. The number of likely N-dealkylation sites (N-methyl/N-ethyl adjacent to an activating group) is 1. The van der Waals surface area contributed by atoms with Crippen LogP contribution in [0, 0.1) is 0 Å². The van der Waals surface area contributed by atoms with Crippen LogP contribution in [-0.2, 0) is 9.53 Å². The largest absolute Gasteiger partial charge is 0.387 e. The number of carbonyl (C=O) groups is 1. The van der Waals surface area contributed by atoms with E-state index in [2.05, 4.69) is 25.6 Å². The first-order valence-electron chi connectivity index (χ1n) is 9.33. The number of anilines is 1. The molecule has 10 nitrogen and oxygen atoms in total. The normalized spacial score (nSPS) is 28.7. The summed E-state index contributed by atoms with van der Waals surface area (Å²) < 4.78 is 7.19. The average molecular weight is 376 g/mol. The van der Waals surface area contributed by atoms with E-state index in [4.69, 9.17) is 4.74 Å². The van der Waals surface area contributed by atoms with Gasteiger partial charge in [-0.15, -0.1) is 0 Å². The van der Waals surface area contributed by atoms with Gasteiger partial charge >= 0.3 is 0 Å². The van der Waals surface area contributed by atoms with Crippen LogP contribution in [0.25, 0.3) is 11.2 Å². The second-order valence-electron chi connectivity index (χ2n) is 7.00. The molecule has 0 bridgehead atoms. The van der Waals surface area contributed by atoms with E-state index in [1.165, 1.54) is 30.1 Å². The van der Waals surface area contributed by atoms with Crippen molar-refractivity contribution in [1.29, 1.82) is 0 Å². The first-order chi connectivity index (χ1) is 13.1. The Hall–Kier alpha value is -2.30. The fourth-order valence-corrected chi connectivity index (χ4v) is 3.79. The minimum atomic E-state index is -1.34. The lowest BCUT2D eigenvalue weighted by molar-refractivity contribution is -0.137. The predicted octanol–water partition coefficient (Wildman–Crippen LogP) is -0.0639. The first-order valence-corrected chi connectivity index (χ1v) is 9.33. The smallest absolute Gasteiger partial charge is 0.252 e. The Morgan fingerprint density at radius 3 is 2.78 bits per heavy atom. The number of aliphatic hydroxyl groups is 2. The van der Waals surface area contributed by atoms with E-state index in [9.17, 15) is 15.0 Å². The molecule has 3 heterocycles. The Kier molecular flexibility index (Phi) is 4.94. The second kappa shape index (κ2) is 7.37. The molecule has 4 atom stereocenters. The van der Waals surface area contributed by atoms with E-state index in [1.807, 2.05) is 0 Å². The molecule has 146 valence electrons. The Morgan fingerprint density at radius 1 is 1.26 bits per heavy atom. The fraction of sp³-hybridized carbons (Fsp3) is 0.647. The summed E-state index contributed by atoms with van der Waals surface area (Å²) in [5.74, 6) is 0.174. The van der Waals surface area contributed by atoms with Gasteiger partial charge in [-0.1, -0.05) is 12.8 Å². The lowest BCUT2D eigenvalue weighted by atomic mass is 10.1. The maximum absolute atomic E-state index is 12.1. The van der Waals surface area contributed by atoms with Crippen molar-refractivity contribution in [2.24, 2.45) is 0 Å². The lowest BCUT2D eigenvalue weighted by Gasteiger charge is -2.17. The van der Waals surface area contributed by atoms with Gasteiger partial charge < -0.3 is 25.6 Å². The van der Waals surface area contributed by atoms with Gasteiger partial charge in [-0.3, -0.25) is 9.36 Å². The van der Waals surface area contributed by atoms with Crippen molar-refractivity contribution < 1.29 is 19.7 Å². The van der Waals surface area contributed by atoms with Gasteiger partial charge in [0.05, 0.1) is 6.33 Å². The molecule has 0 aromatic carbocycles. The minimum absolute atomic E-state index is 0.366. The highest BCUT2D eigenvalue weighted by atomic mass is 16.6. The van der Waals surface area contributed by atoms with E-state index >= 15 is 0 Å². The number of carbonyl (C=O) groups excluding carboxylic acids is 1. The van der Waals surface area contributed by atoms with Gasteiger partial charge in [0.2, 0.25) is 0 Å². The highest BCUT2D eigenvalue weighted by Crippen LogP contribution is 2.33. The SMILES string of the molecule is CCNC(=O)[C@@H]1O[C@H](n2cnc3c(NC4CCCC4)ncnc32)[C@@H](O)[C@H]1O. The maximum atomic E-state index is 12.1. The van der Waals surface area contributed by atoms with Gasteiger partial charge in [-0.05, 0) is 19.8 Å². The predicted molar refractivity (Wildman–Crippen MR) is 95.8 cm³/mol. The number of fused-ring (bicyclic) bond motifs is 1. The van der Waals surface area contributed by atoms with Crippen LogP contribution >= 0.6 is 0 Å². The van der Waals surface area contributed by atoms with Crippen molar-refractivity contribution >= 4 is 22.9 Å². The molecule has 10 heteroatoms. The molecule has 1 aliphatic carbocycles. The topological polar surface area (TPSA) is 134 Å². The van der Waals surface area contributed by atoms with Crippen LogP contribution in [0.3, 0.4) is 0 Å².